The Hall–Kier alpha value is -1.42. The van der Waals surface area contributed by atoms with Gasteiger partial charge in [0.1, 0.15) is 12.1 Å². The molecule has 2 rings (SSSR count). The third-order valence-electron chi connectivity index (χ3n) is 4.47. The van der Waals surface area contributed by atoms with E-state index in [2.05, 4.69) is 88.0 Å². The Morgan fingerprint density at radius 3 is 2.15 bits per heavy atom. The van der Waals surface area contributed by atoms with Crippen LogP contribution >= 0.6 is 11.6 Å². The van der Waals surface area contributed by atoms with Gasteiger partial charge in [-0.25, -0.2) is 4.98 Å². The van der Waals surface area contributed by atoms with Crippen molar-refractivity contribution >= 4 is 11.6 Å². The number of hydrogen-bond donors (Lipinski definition) is 0. The molecule has 2 aromatic rings. The molecular weight excluding hydrogens is 344 g/mol. The zero-order valence-electron chi connectivity index (χ0n) is 16.8. The number of hydrogen-bond acceptors (Lipinski definition) is 2. The van der Waals surface area contributed by atoms with Gasteiger partial charge in [-0.3, -0.25) is 4.84 Å². The standard InChI is InChI=1S/C22H31ClN2O/c1-16(2)21(20-9-7-8-14-24-20)25(22(4,5)6)26-17(3)19-12-10-18(15-23)11-13-19/h7-14,16-17,21H,15H2,1-6H3/p+1. The maximum atomic E-state index is 6.53. The predicted octanol–water partition coefficient (Wildman–Crippen LogP) is 5.73. The molecule has 26 heavy (non-hydrogen) atoms. The molecule has 2 atom stereocenters. The molecule has 0 aliphatic heterocycles. The van der Waals surface area contributed by atoms with E-state index in [1.807, 2.05) is 12.3 Å². The van der Waals surface area contributed by atoms with E-state index in [4.69, 9.17) is 16.4 Å². The van der Waals surface area contributed by atoms with E-state index in [1.165, 1.54) is 0 Å². The van der Waals surface area contributed by atoms with Gasteiger partial charge in [-0.05, 0) is 44.7 Å². The molecular formula is C22H32ClN2O+. The van der Waals surface area contributed by atoms with E-state index in [0.717, 1.165) is 16.8 Å². The number of benzene rings is 1. The van der Waals surface area contributed by atoms with Crippen LogP contribution in [0.25, 0.3) is 0 Å². The molecule has 4 heteroatoms. The highest BCUT2D eigenvalue weighted by atomic mass is 35.5. The SMILES string of the molecule is CC(ON(C(c1cccc[nH+]1)C(C)C)C(C)(C)C)c1ccc(CCl)cc1. The van der Waals surface area contributed by atoms with Crippen LogP contribution in [0.2, 0.25) is 0 Å². The maximum Gasteiger partial charge on any atom is 0.199 e. The van der Waals surface area contributed by atoms with Crippen LogP contribution < -0.4 is 4.98 Å². The Kier molecular flexibility index (Phi) is 7.22. The normalized spacial score (nSPS) is 14.7. The van der Waals surface area contributed by atoms with Crippen LogP contribution in [0.15, 0.2) is 48.7 Å². The minimum Gasteiger partial charge on any atom is -0.290 e. The van der Waals surface area contributed by atoms with Crippen molar-refractivity contribution in [2.75, 3.05) is 0 Å². The van der Waals surface area contributed by atoms with E-state index >= 15 is 0 Å². The minimum atomic E-state index is -0.150. The topological polar surface area (TPSA) is 26.6 Å². The lowest BCUT2D eigenvalue weighted by molar-refractivity contribution is -0.410. The van der Waals surface area contributed by atoms with Crippen molar-refractivity contribution in [3.63, 3.8) is 0 Å². The number of rotatable bonds is 7. The molecule has 3 nitrogen and oxygen atoms in total. The van der Waals surface area contributed by atoms with E-state index in [1.54, 1.807) is 0 Å². The molecule has 0 aliphatic carbocycles. The van der Waals surface area contributed by atoms with Gasteiger partial charge in [0.2, 0.25) is 0 Å². The molecule has 0 saturated heterocycles. The summed E-state index contributed by atoms with van der Waals surface area (Å²) in [6.07, 6.45) is 1.92. The summed E-state index contributed by atoms with van der Waals surface area (Å²) in [5.74, 6) is 0.918. The molecule has 1 aromatic carbocycles. The lowest BCUT2D eigenvalue weighted by Gasteiger charge is -2.42. The second-order valence-electron chi connectivity index (χ2n) is 8.13. The van der Waals surface area contributed by atoms with Gasteiger partial charge in [0.05, 0.1) is 0 Å². The number of nitrogens with one attached hydrogen (secondary N) is 1. The first-order valence-corrected chi connectivity index (χ1v) is 9.85. The molecule has 0 saturated carbocycles. The van der Waals surface area contributed by atoms with Gasteiger partial charge in [0.15, 0.2) is 11.9 Å². The highest BCUT2D eigenvalue weighted by Crippen LogP contribution is 2.35. The Balaban J connectivity index is 2.31. The molecule has 0 bridgehead atoms. The summed E-state index contributed by atoms with van der Waals surface area (Å²) < 4.78 is 0. The Bertz CT molecular complexity index is 665. The van der Waals surface area contributed by atoms with E-state index in [0.29, 0.717) is 11.8 Å². The van der Waals surface area contributed by atoms with Crippen LogP contribution in [0.4, 0.5) is 0 Å². The summed E-state index contributed by atoms with van der Waals surface area (Å²) in [6.45, 7) is 13.1. The van der Waals surface area contributed by atoms with Crippen LogP contribution in [-0.2, 0) is 10.7 Å². The van der Waals surface area contributed by atoms with Crippen LogP contribution in [0, 0.1) is 5.92 Å². The third kappa shape index (κ3) is 5.29. The van der Waals surface area contributed by atoms with Crippen LogP contribution in [0.5, 0.6) is 0 Å². The van der Waals surface area contributed by atoms with Gasteiger partial charge in [-0.2, -0.15) is 5.06 Å². The van der Waals surface area contributed by atoms with Gasteiger partial charge < -0.3 is 0 Å². The third-order valence-corrected chi connectivity index (χ3v) is 4.78. The number of aromatic amines is 1. The van der Waals surface area contributed by atoms with Crippen LogP contribution in [0.3, 0.4) is 0 Å². The summed E-state index contributed by atoms with van der Waals surface area (Å²) in [6, 6.07) is 14.7. The molecule has 142 valence electrons. The van der Waals surface area contributed by atoms with Gasteiger partial charge in [-0.15, -0.1) is 11.6 Å². The summed E-state index contributed by atoms with van der Waals surface area (Å²) in [4.78, 5) is 9.93. The van der Waals surface area contributed by atoms with Crippen molar-refractivity contribution < 1.29 is 9.82 Å². The molecule has 0 aliphatic rings. The smallest absolute Gasteiger partial charge is 0.199 e. The summed E-state index contributed by atoms with van der Waals surface area (Å²) in [5.41, 5.74) is 3.27. The number of alkyl halides is 1. The largest absolute Gasteiger partial charge is 0.290 e. The molecule has 2 unspecified atom stereocenters. The molecule has 1 heterocycles. The lowest BCUT2D eigenvalue weighted by Crippen LogP contribution is -2.47. The van der Waals surface area contributed by atoms with Crippen molar-refractivity contribution in [1.82, 2.24) is 5.06 Å². The predicted molar refractivity (Wildman–Crippen MR) is 108 cm³/mol. The average Bonchev–Trinajstić information content (AvgIpc) is 2.61. The molecule has 0 spiro atoms. The zero-order chi connectivity index (χ0) is 19.3. The van der Waals surface area contributed by atoms with Crippen molar-refractivity contribution in [2.24, 2.45) is 5.92 Å². The fourth-order valence-electron chi connectivity index (χ4n) is 3.10. The summed E-state index contributed by atoms with van der Waals surface area (Å²) >= 11 is 5.90. The fourth-order valence-corrected chi connectivity index (χ4v) is 3.28. The summed E-state index contributed by atoms with van der Waals surface area (Å²) in [7, 11) is 0. The second-order valence-corrected chi connectivity index (χ2v) is 8.39. The highest BCUT2D eigenvalue weighted by molar-refractivity contribution is 6.17. The van der Waals surface area contributed by atoms with Gasteiger partial charge in [-0.1, -0.05) is 44.2 Å². The van der Waals surface area contributed by atoms with Crippen molar-refractivity contribution in [1.29, 1.82) is 0 Å². The second kappa shape index (κ2) is 8.98. The highest BCUT2D eigenvalue weighted by Gasteiger charge is 2.37. The first-order chi connectivity index (χ1) is 12.2. The molecule has 1 aromatic heterocycles. The van der Waals surface area contributed by atoms with Crippen LogP contribution in [0.1, 0.15) is 70.5 Å². The number of halogens is 1. The Morgan fingerprint density at radius 1 is 1.04 bits per heavy atom. The van der Waals surface area contributed by atoms with Crippen molar-refractivity contribution in [3.05, 3.63) is 65.5 Å². The van der Waals surface area contributed by atoms with E-state index < -0.39 is 0 Å². The van der Waals surface area contributed by atoms with Gasteiger partial charge >= 0.3 is 0 Å². The monoisotopic (exact) mass is 375 g/mol. The minimum absolute atomic E-state index is 0.0523. The van der Waals surface area contributed by atoms with Gasteiger partial charge in [0, 0.05) is 23.6 Å². The zero-order valence-corrected chi connectivity index (χ0v) is 17.5. The Morgan fingerprint density at radius 2 is 1.69 bits per heavy atom. The average molecular weight is 376 g/mol. The first-order valence-electron chi connectivity index (χ1n) is 9.31. The van der Waals surface area contributed by atoms with Gasteiger partial charge in [0.25, 0.3) is 0 Å². The summed E-state index contributed by atoms with van der Waals surface area (Å²) in [5, 5.41) is 2.14. The van der Waals surface area contributed by atoms with Crippen molar-refractivity contribution in [3.8, 4) is 0 Å². The fraction of sp³-hybridized carbons (Fsp3) is 0.500. The molecule has 0 amide bonds. The molecule has 0 fully saturated rings. The van der Waals surface area contributed by atoms with Crippen LogP contribution in [-0.4, -0.2) is 10.6 Å². The quantitative estimate of drug-likeness (QED) is 0.456. The number of pyridine rings is 1. The van der Waals surface area contributed by atoms with E-state index in [-0.39, 0.29) is 17.7 Å². The molecule has 1 N–H and O–H groups in total. The lowest BCUT2D eigenvalue weighted by atomic mass is 9.95. The number of H-pyrrole nitrogens is 1. The Labute approximate surface area is 163 Å². The molecule has 0 radical (unpaired) electrons. The number of aromatic nitrogens is 1. The van der Waals surface area contributed by atoms with Crippen molar-refractivity contribution in [2.45, 2.75) is 65.1 Å². The first kappa shape index (κ1) is 20.9. The maximum absolute atomic E-state index is 6.53. The number of nitrogens with zero attached hydrogens (tertiary/aromatic N) is 1. The number of hydroxylamine groups is 2. The van der Waals surface area contributed by atoms with E-state index in [9.17, 15) is 0 Å².